The summed E-state index contributed by atoms with van der Waals surface area (Å²) in [4.78, 5) is 14.2. The van der Waals surface area contributed by atoms with Gasteiger partial charge in [0.2, 0.25) is 5.91 Å². The third-order valence-corrected chi connectivity index (χ3v) is 5.00. The molecule has 0 saturated heterocycles. The monoisotopic (exact) mass is 398 g/mol. The molecule has 1 amide bonds. The van der Waals surface area contributed by atoms with Crippen molar-refractivity contribution >= 4 is 17.5 Å². The maximum Gasteiger partial charge on any atom is 0.227 e. The predicted molar refractivity (Wildman–Crippen MR) is 108 cm³/mol. The van der Waals surface area contributed by atoms with E-state index in [-0.39, 0.29) is 5.91 Å². The van der Waals surface area contributed by atoms with Gasteiger partial charge in [-0.25, -0.2) is 0 Å². The molecule has 0 aliphatic rings. The van der Waals surface area contributed by atoms with Crippen molar-refractivity contribution in [2.75, 3.05) is 7.05 Å². The van der Waals surface area contributed by atoms with E-state index in [1.807, 2.05) is 62.4 Å². The fourth-order valence-corrected chi connectivity index (χ4v) is 3.04. The second-order valence-electron chi connectivity index (χ2n) is 6.75. The van der Waals surface area contributed by atoms with Gasteiger partial charge in [-0.1, -0.05) is 47.1 Å². The van der Waals surface area contributed by atoms with Crippen molar-refractivity contribution in [1.82, 2.24) is 10.1 Å². The SMILES string of the molecule is Cc1noc(C)c1COc1ccc(CC(=O)N(C)Cc2ccccc2Cl)cc1. The Labute approximate surface area is 169 Å². The van der Waals surface area contributed by atoms with Crippen LogP contribution in [0.3, 0.4) is 0 Å². The van der Waals surface area contributed by atoms with Crippen molar-refractivity contribution in [2.24, 2.45) is 0 Å². The fourth-order valence-electron chi connectivity index (χ4n) is 2.85. The average Bonchev–Trinajstić information content (AvgIpc) is 3.00. The second-order valence-corrected chi connectivity index (χ2v) is 7.16. The number of carbonyl (C=O) groups excluding carboxylic acids is 1. The van der Waals surface area contributed by atoms with E-state index in [1.54, 1.807) is 11.9 Å². The van der Waals surface area contributed by atoms with E-state index in [0.29, 0.717) is 24.6 Å². The summed E-state index contributed by atoms with van der Waals surface area (Å²) < 4.78 is 10.9. The first-order valence-corrected chi connectivity index (χ1v) is 9.42. The van der Waals surface area contributed by atoms with E-state index in [1.165, 1.54) is 0 Å². The molecule has 0 radical (unpaired) electrons. The van der Waals surface area contributed by atoms with Crippen LogP contribution in [-0.2, 0) is 24.4 Å². The number of aromatic nitrogens is 1. The van der Waals surface area contributed by atoms with E-state index < -0.39 is 0 Å². The maximum atomic E-state index is 12.5. The van der Waals surface area contributed by atoms with Crippen LogP contribution in [0.4, 0.5) is 0 Å². The molecule has 0 unspecified atom stereocenters. The van der Waals surface area contributed by atoms with Crippen LogP contribution in [0.5, 0.6) is 5.75 Å². The molecule has 3 rings (SSSR count). The third kappa shape index (κ3) is 4.93. The number of carbonyl (C=O) groups is 1. The first kappa shape index (κ1) is 20.0. The quantitative estimate of drug-likeness (QED) is 0.577. The van der Waals surface area contributed by atoms with Crippen molar-refractivity contribution in [1.29, 1.82) is 0 Å². The van der Waals surface area contributed by atoms with Gasteiger partial charge in [0.1, 0.15) is 18.1 Å². The molecule has 0 fully saturated rings. The van der Waals surface area contributed by atoms with Gasteiger partial charge in [0.25, 0.3) is 0 Å². The lowest BCUT2D eigenvalue weighted by molar-refractivity contribution is -0.129. The standard InChI is InChI=1S/C22H23ClN2O3/c1-15-20(16(2)28-24-15)14-27-19-10-8-17(9-11-19)12-22(26)25(3)13-18-6-4-5-7-21(18)23/h4-11H,12-14H2,1-3H3. The van der Waals surface area contributed by atoms with Crippen LogP contribution in [-0.4, -0.2) is 23.0 Å². The summed E-state index contributed by atoms with van der Waals surface area (Å²) >= 11 is 6.18. The lowest BCUT2D eigenvalue weighted by Gasteiger charge is -2.18. The Balaban J connectivity index is 1.54. The highest BCUT2D eigenvalue weighted by Gasteiger charge is 2.13. The van der Waals surface area contributed by atoms with Gasteiger partial charge in [0.05, 0.1) is 17.7 Å². The number of halogens is 1. The fraction of sp³-hybridized carbons (Fsp3) is 0.273. The molecule has 0 bridgehead atoms. The van der Waals surface area contributed by atoms with Gasteiger partial charge in [-0.15, -0.1) is 0 Å². The zero-order valence-corrected chi connectivity index (χ0v) is 17.0. The summed E-state index contributed by atoms with van der Waals surface area (Å²) in [6, 6.07) is 15.1. The molecule has 6 heteroatoms. The van der Waals surface area contributed by atoms with Gasteiger partial charge in [-0.05, 0) is 43.2 Å². The molecule has 0 aliphatic carbocycles. The van der Waals surface area contributed by atoms with Crippen LogP contribution in [0.2, 0.25) is 5.02 Å². The summed E-state index contributed by atoms with van der Waals surface area (Å²) in [6.07, 6.45) is 0.325. The Bertz CT molecular complexity index is 931. The number of likely N-dealkylation sites (N-methyl/N-ethyl adjacent to an activating group) is 1. The summed E-state index contributed by atoms with van der Waals surface area (Å²) in [5.41, 5.74) is 3.66. The number of ether oxygens (including phenoxy) is 1. The van der Waals surface area contributed by atoms with Crippen LogP contribution in [0.15, 0.2) is 53.1 Å². The molecular formula is C22H23ClN2O3. The topological polar surface area (TPSA) is 55.6 Å². The Hall–Kier alpha value is -2.79. The molecule has 0 atom stereocenters. The Morgan fingerprint density at radius 3 is 2.50 bits per heavy atom. The molecule has 2 aromatic carbocycles. The summed E-state index contributed by atoms with van der Waals surface area (Å²) in [7, 11) is 1.78. The van der Waals surface area contributed by atoms with Gasteiger partial charge < -0.3 is 14.2 Å². The van der Waals surface area contributed by atoms with Gasteiger partial charge >= 0.3 is 0 Å². The number of hydrogen-bond donors (Lipinski definition) is 0. The number of nitrogens with zero attached hydrogens (tertiary/aromatic N) is 2. The van der Waals surface area contributed by atoms with Gasteiger partial charge in [-0.2, -0.15) is 0 Å². The zero-order valence-electron chi connectivity index (χ0n) is 16.2. The van der Waals surface area contributed by atoms with Gasteiger partial charge in [-0.3, -0.25) is 4.79 Å². The first-order chi connectivity index (χ1) is 13.4. The van der Waals surface area contributed by atoms with Crippen molar-refractivity contribution < 1.29 is 14.1 Å². The van der Waals surface area contributed by atoms with Crippen LogP contribution >= 0.6 is 11.6 Å². The van der Waals surface area contributed by atoms with E-state index in [2.05, 4.69) is 5.16 Å². The highest BCUT2D eigenvalue weighted by atomic mass is 35.5. The van der Waals surface area contributed by atoms with Crippen molar-refractivity contribution in [3.05, 3.63) is 81.7 Å². The summed E-state index contributed by atoms with van der Waals surface area (Å²) in [5, 5.41) is 4.59. The number of rotatable bonds is 7. The average molecular weight is 399 g/mol. The zero-order chi connectivity index (χ0) is 20.1. The predicted octanol–water partition coefficient (Wildman–Crippen LogP) is 4.72. The number of benzene rings is 2. The van der Waals surface area contributed by atoms with Gasteiger partial charge in [0, 0.05) is 18.6 Å². The molecule has 3 aromatic rings. The lowest BCUT2D eigenvalue weighted by Crippen LogP contribution is -2.27. The first-order valence-electron chi connectivity index (χ1n) is 9.05. The molecule has 28 heavy (non-hydrogen) atoms. The minimum absolute atomic E-state index is 0.0318. The van der Waals surface area contributed by atoms with Crippen molar-refractivity contribution in [3.8, 4) is 5.75 Å². The van der Waals surface area contributed by atoms with E-state index >= 15 is 0 Å². The van der Waals surface area contributed by atoms with Crippen LogP contribution in [0.25, 0.3) is 0 Å². The lowest BCUT2D eigenvalue weighted by atomic mass is 10.1. The molecule has 0 aliphatic heterocycles. The highest BCUT2D eigenvalue weighted by Crippen LogP contribution is 2.19. The molecule has 0 saturated carbocycles. The Morgan fingerprint density at radius 2 is 1.86 bits per heavy atom. The number of aryl methyl sites for hydroxylation is 2. The minimum atomic E-state index is 0.0318. The second kappa shape index (κ2) is 8.93. The Kier molecular flexibility index (Phi) is 6.37. The van der Waals surface area contributed by atoms with E-state index in [9.17, 15) is 4.79 Å². The van der Waals surface area contributed by atoms with Crippen LogP contribution in [0, 0.1) is 13.8 Å². The van der Waals surface area contributed by atoms with E-state index in [4.69, 9.17) is 20.9 Å². The summed E-state index contributed by atoms with van der Waals surface area (Å²) in [6.45, 7) is 4.65. The van der Waals surface area contributed by atoms with Gasteiger partial charge in [0.15, 0.2) is 0 Å². The molecule has 146 valence electrons. The van der Waals surface area contributed by atoms with Crippen LogP contribution in [0.1, 0.15) is 28.1 Å². The molecule has 0 spiro atoms. The third-order valence-electron chi connectivity index (χ3n) is 4.63. The summed E-state index contributed by atoms with van der Waals surface area (Å²) in [5.74, 6) is 1.53. The van der Waals surface area contributed by atoms with E-state index in [0.717, 1.165) is 33.9 Å². The maximum absolute atomic E-state index is 12.5. The van der Waals surface area contributed by atoms with Crippen molar-refractivity contribution in [2.45, 2.75) is 33.4 Å². The number of hydrogen-bond acceptors (Lipinski definition) is 4. The molecule has 0 N–H and O–H groups in total. The Morgan fingerprint density at radius 1 is 1.14 bits per heavy atom. The largest absolute Gasteiger partial charge is 0.489 e. The normalized spacial score (nSPS) is 10.7. The smallest absolute Gasteiger partial charge is 0.227 e. The molecule has 5 nitrogen and oxygen atoms in total. The molecular weight excluding hydrogens is 376 g/mol. The van der Waals surface area contributed by atoms with Crippen molar-refractivity contribution in [3.63, 3.8) is 0 Å². The molecule has 1 heterocycles. The van der Waals surface area contributed by atoms with Crippen LogP contribution < -0.4 is 4.74 Å². The molecule has 1 aromatic heterocycles. The minimum Gasteiger partial charge on any atom is -0.489 e. The highest BCUT2D eigenvalue weighted by molar-refractivity contribution is 6.31. The number of amides is 1.